The van der Waals surface area contributed by atoms with Gasteiger partial charge in [0.15, 0.2) is 5.82 Å². The van der Waals surface area contributed by atoms with Gasteiger partial charge in [-0.15, -0.1) is 18.3 Å². The summed E-state index contributed by atoms with van der Waals surface area (Å²) in [6.45, 7) is 4.40. The molecule has 1 aromatic heterocycles. The summed E-state index contributed by atoms with van der Waals surface area (Å²) < 4.78 is 0. The van der Waals surface area contributed by atoms with Crippen molar-refractivity contribution in [2.45, 2.75) is 10.6 Å². The van der Waals surface area contributed by atoms with Gasteiger partial charge in [-0.25, -0.2) is 9.97 Å². The van der Waals surface area contributed by atoms with Gasteiger partial charge in [-0.3, -0.25) is 0 Å². The smallest absolute Gasteiger partial charge is 0.161 e. The summed E-state index contributed by atoms with van der Waals surface area (Å²) in [6.07, 6.45) is 1.81. The van der Waals surface area contributed by atoms with Gasteiger partial charge >= 0.3 is 0 Å². The predicted molar refractivity (Wildman–Crippen MR) is 107 cm³/mol. The van der Waals surface area contributed by atoms with Crippen LogP contribution in [0.1, 0.15) is 5.69 Å². The summed E-state index contributed by atoms with van der Waals surface area (Å²) in [5.74, 6) is 2.29. The number of halogens is 1. The van der Waals surface area contributed by atoms with Gasteiger partial charge in [0.1, 0.15) is 5.82 Å². The molecule has 0 atom stereocenters. The van der Waals surface area contributed by atoms with Crippen LogP contribution in [0.2, 0.25) is 5.02 Å². The van der Waals surface area contributed by atoms with Crippen LogP contribution >= 0.6 is 23.4 Å². The third-order valence-electron chi connectivity index (χ3n) is 3.44. The number of hydrogen-bond acceptors (Lipinski definition) is 4. The van der Waals surface area contributed by atoms with E-state index in [4.69, 9.17) is 16.6 Å². The molecule has 0 saturated heterocycles. The lowest BCUT2D eigenvalue weighted by Gasteiger charge is -2.09. The molecule has 0 aliphatic rings. The zero-order valence-electron chi connectivity index (χ0n) is 13.7. The average molecular weight is 368 g/mol. The van der Waals surface area contributed by atoms with Crippen LogP contribution in [-0.2, 0) is 5.75 Å². The highest BCUT2D eigenvalue weighted by molar-refractivity contribution is 7.98. The van der Waals surface area contributed by atoms with Crippen molar-refractivity contribution in [3.8, 4) is 11.4 Å². The minimum Gasteiger partial charge on any atom is -0.366 e. The quantitative estimate of drug-likeness (QED) is 0.430. The van der Waals surface area contributed by atoms with E-state index in [-0.39, 0.29) is 0 Å². The van der Waals surface area contributed by atoms with Crippen molar-refractivity contribution in [2.75, 3.05) is 11.9 Å². The molecule has 3 nitrogen and oxygen atoms in total. The number of aromatic nitrogens is 2. The fourth-order valence-corrected chi connectivity index (χ4v) is 3.16. The molecule has 25 heavy (non-hydrogen) atoms. The van der Waals surface area contributed by atoms with Gasteiger partial charge in [-0.05, 0) is 24.3 Å². The molecule has 0 spiro atoms. The fraction of sp³-hybridized carbons (Fsp3) is 0.100. The van der Waals surface area contributed by atoms with Crippen molar-refractivity contribution in [3.05, 3.63) is 84.0 Å². The molecule has 0 bridgehead atoms. The molecule has 0 aliphatic heterocycles. The molecule has 3 aromatic rings. The zero-order valence-corrected chi connectivity index (χ0v) is 15.2. The first-order valence-electron chi connectivity index (χ1n) is 7.91. The summed E-state index contributed by atoms with van der Waals surface area (Å²) >= 11 is 7.66. The highest BCUT2D eigenvalue weighted by Crippen LogP contribution is 2.26. The maximum absolute atomic E-state index is 5.94. The minimum atomic E-state index is 0.662. The molecule has 0 saturated carbocycles. The number of anilines is 1. The summed E-state index contributed by atoms with van der Waals surface area (Å²) in [5.41, 5.74) is 1.97. The Kier molecular flexibility index (Phi) is 6.09. The first kappa shape index (κ1) is 17.5. The molecule has 0 unspecified atom stereocenters. The molecule has 3 rings (SSSR count). The molecule has 0 amide bonds. The van der Waals surface area contributed by atoms with Crippen LogP contribution in [0.25, 0.3) is 11.4 Å². The van der Waals surface area contributed by atoms with Gasteiger partial charge in [0.05, 0.1) is 5.69 Å². The van der Waals surface area contributed by atoms with E-state index < -0.39 is 0 Å². The van der Waals surface area contributed by atoms with E-state index in [1.807, 2.05) is 66.7 Å². The Labute approximate surface area is 157 Å². The van der Waals surface area contributed by atoms with E-state index in [1.54, 1.807) is 11.8 Å². The molecule has 0 radical (unpaired) electrons. The third-order valence-corrected chi connectivity index (χ3v) is 4.74. The Morgan fingerprint density at radius 3 is 2.52 bits per heavy atom. The topological polar surface area (TPSA) is 37.8 Å². The van der Waals surface area contributed by atoms with Gasteiger partial charge in [0, 0.05) is 33.8 Å². The Morgan fingerprint density at radius 2 is 1.80 bits per heavy atom. The monoisotopic (exact) mass is 367 g/mol. The summed E-state index contributed by atoms with van der Waals surface area (Å²) in [4.78, 5) is 10.5. The van der Waals surface area contributed by atoms with Crippen molar-refractivity contribution in [2.24, 2.45) is 0 Å². The van der Waals surface area contributed by atoms with E-state index >= 15 is 0 Å². The van der Waals surface area contributed by atoms with E-state index in [9.17, 15) is 0 Å². The number of benzene rings is 2. The maximum Gasteiger partial charge on any atom is 0.161 e. The highest BCUT2D eigenvalue weighted by atomic mass is 35.5. The molecule has 0 fully saturated rings. The van der Waals surface area contributed by atoms with Gasteiger partial charge in [-0.2, -0.15) is 0 Å². The SMILES string of the molecule is C=CCNc1cc(CSc2ccc(Cl)cc2)nc(-c2ccccc2)n1. The Bertz CT molecular complexity index is 835. The standard InChI is InChI=1S/C20H18ClN3S/c1-2-12-22-19-13-17(14-25-18-10-8-16(21)9-11-18)23-20(24-19)15-6-4-3-5-7-15/h2-11,13H,1,12,14H2,(H,22,23,24). The van der Waals surface area contributed by atoms with Crippen LogP contribution in [0.4, 0.5) is 5.82 Å². The first-order valence-corrected chi connectivity index (χ1v) is 9.27. The maximum atomic E-state index is 5.94. The number of rotatable bonds is 7. The van der Waals surface area contributed by atoms with Crippen molar-refractivity contribution in [1.82, 2.24) is 9.97 Å². The fourth-order valence-electron chi connectivity index (χ4n) is 2.24. The number of nitrogens with one attached hydrogen (secondary N) is 1. The summed E-state index contributed by atoms with van der Waals surface area (Å²) in [5, 5.41) is 4.00. The lowest BCUT2D eigenvalue weighted by molar-refractivity contribution is 1.08. The molecule has 0 aliphatic carbocycles. The van der Waals surface area contributed by atoms with E-state index in [0.717, 1.165) is 38.6 Å². The molecular formula is C20H18ClN3S. The Morgan fingerprint density at radius 1 is 1.04 bits per heavy atom. The molecular weight excluding hydrogens is 350 g/mol. The van der Waals surface area contributed by atoms with Gasteiger partial charge in [-0.1, -0.05) is 48.0 Å². The van der Waals surface area contributed by atoms with Crippen molar-refractivity contribution in [3.63, 3.8) is 0 Å². The molecule has 2 aromatic carbocycles. The van der Waals surface area contributed by atoms with Crippen LogP contribution in [-0.4, -0.2) is 16.5 Å². The lowest BCUT2D eigenvalue weighted by atomic mass is 10.2. The lowest BCUT2D eigenvalue weighted by Crippen LogP contribution is -2.04. The van der Waals surface area contributed by atoms with Gasteiger partial charge in [0.2, 0.25) is 0 Å². The van der Waals surface area contributed by atoms with Crippen molar-refractivity contribution < 1.29 is 0 Å². The Balaban J connectivity index is 1.83. The summed E-state index contributed by atoms with van der Waals surface area (Å²) in [7, 11) is 0. The van der Waals surface area contributed by atoms with E-state index in [1.165, 1.54) is 0 Å². The molecule has 5 heteroatoms. The summed E-state index contributed by atoms with van der Waals surface area (Å²) in [6, 6.07) is 19.8. The molecule has 126 valence electrons. The molecule has 1 N–H and O–H groups in total. The number of thioether (sulfide) groups is 1. The molecule has 1 heterocycles. The average Bonchev–Trinajstić information content (AvgIpc) is 2.66. The second-order valence-corrected chi connectivity index (χ2v) is 6.83. The second-order valence-electron chi connectivity index (χ2n) is 5.35. The van der Waals surface area contributed by atoms with Gasteiger partial charge in [0.25, 0.3) is 0 Å². The van der Waals surface area contributed by atoms with Crippen LogP contribution in [0.5, 0.6) is 0 Å². The third kappa shape index (κ3) is 5.08. The highest BCUT2D eigenvalue weighted by Gasteiger charge is 2.07. The number of hydrogen-bond donors (Lipinski definition) is 1. The number of nitrogens with zero attached hydrogens (tertiary/aromatic N) is 2. The Hall–Kier alpha value is -2.30. The second kappa shape index (κ2) is 8.70. The normalized spacial score (nSPS) is 10.4. The largest absolute Gasteiger partial charge is 0.366 e. The van der Waals surface area contributed by atoms with Crippen LogP contribution in [0, 0.1) is 0 Å². The zero-order chi connectivity index (χ0) is 17.5. The van der Waals surface area contributed by atoms with E-state index in [0.29, 0.717) is 6.54 Å². The van der Waals surface area contributed by atoms with E-state index in [2.05, 4.69) is 16.9 Å². The van der Waals surface area contributed by atoms with Crippen LogP contribution in [0.15, 0.2) is 78.2 Å². The minimum absolute atomic E-state index is 0.662. The predicted octanol–water partition coefficient (Wildman–Crippen LogP) is 5.69. The van der Waals surface area contributed by atoms with Crippen molar-refractivity contribution >= 4 is 29.2 Å². The van der Waals surface area contributed by atoms with Crippen LogP contribution in [0.3, 0.4) is 0 Å². The van der Waals surface area contributed by atoms with Gasteiger partial charge < -0.3 is 5.32 Å². The van der Waals surface area contributed by atoms with Crippen LogP contribution < -0.4 is 5.32 Å². The van der Waals surface area contributed by atoms with Crippen molar-refractivity contribution in [1.29, 1.82) is 0 Å². The first-order chi connectivity index (χ1) is 12.2.